The molecule has 1 amide bonds. The summed E-state index contributed by atoms with van der Waals surface area (Å²) >= 11 is 0. The third kappa shape index (κ3) is 4.11. The fraction of sp³-hybridized carbons (Fsp3) is 0.500. The maximum atomic E-state index is 12.7. The van der Waals surface area contributed by atoms with Crippen LogP contribution in [0.15, 0.2) is 24.3 Å². The maximum Gasteiger partial charge on any atom is 0.223 e. The molecule has 0 fully saturated rings. The number of halogens is 1. The molecule has 0 bridgehead atoms. The molecule has 0 radical (unpaired) electrons. The van der Waals surface area contributed by atoms with Crippen molar-refractivity contribution in [2.45, 2.75) is 32.8 Å². The summed E-state index contributed by atoms with van der Waals surface area (Å²) in [6.45, 7) is 4.08. The highest BCUT2D eigenvalue weighted by atomic mass is 19.1. The second-order valence-corrected chi connectivity index (χ2v) is 4.33. The van der Waals surface area contributed by atoms with Crippen molar-refractivity contribution in [2.24, 2.45) is 5.92 Å². The lowest BCUT2D eigenvalue weighted by atomic mass is 10.0. The summed E-state index contributed by atoms with van der Waals surface area (Å²) in [5.41, 5.74) is 0.598. The highest BCUT2D eigenvalue weighted by Crippen LogP contribution is 2.13. The van der Waals surface area contributed by atoms with Crippen molar-refractivity contribution in [3.8, 4) is 0 Å². The average molecular weight is 253 g/mol. The van der Waals surface area contributed by atoms with E-state index in [0.717, 1.165) is 12.8 Å². The van der Waals surface area contributed by atoms with Crippen molar-refractivity contribution >= 4 is 5.91 Å². The number of amides is 1. The number of carbonyl (C=O) groups excluding carboxylic acids is 1. The number of nitrogens with one attached hydrogen (secondary N) is 1. The topological polar surface area (TPSA) is 49.3 Å². The predicted octanol–water partition coefficient (Wildman–Crippen LogP) is 2.41. The van der Waals surface area contributed by atoms with Gasteiger partial charge in [0.2, 0.25) is 5.91 Å². The quantitative estimate of drug-likeness (QED) is 0.818. The van der Waals surface area contributed by atoms with E-state index in [-0.39, 0.29) is 24.2 Å². The first-order chi connectivity index (χ1) is 8.58. The van der Waals surface area contributed by atoms with E-state index in [2.05, 4.69) is 5.32 Å². The first-order valence-corrected chi connectivity index (χ1v) is 6.29. The molecule has 0 heterocycles. The minimum atomic E-state index is -0.802. The molecule has 1 atom stereocenters. The van der Waals surface area contributed by atoms with Crippen molar-refractivity contribution in [1.82, 2.24) is 5.32 Å². The fourth-order valence-electron chi connectivity index (χ4n) is 1.80. The Labute approximate surface area is 107 Å². The Morgan fingerprint density at radius 3 is 2.33 bits per heavy atom. The molecule has 1 rings (SSSR count). The van der Waals surface area contributed by atoms with Crippen LogP contribution in [0.4, 0.5) is 4.39 Å². The highest BCUT2D eigenvalue weighted by Gasteiger charge is 2.15. The largest absolute Gasteiger partial charge is 0.387 e. The van der Waals surface area contributed by atoms with Crippen LogP contribution in [0.1, 0.15) is 38.4 Å². The van der Waals surface area contributed by atoms with Crippen LogP contribution < -0.4 is 5.32 Å². The van der Waals surface area contributed by atoms with Crippen molar-refractivity contribution in [1.29, 1.82) is 0 Å². The number of rotatable bonds is 6. The van der Waals surface area contributed by atoms with Gasteiger partial charge in [0.15, 0.2) is 0 Å². The second-order valence-electron chi connectivity index (χ2n) is 4.33. The minimum absolute atomic E-state index is 0.00887. The van der Waals surface area contributed by atoms with Gasteiger partial charge in [-0.3, -0.25) is 4.79 Å². The van der Waals surface area contributed by atoms with Gasteiger partial charge in [0.25, 0.3) is 0 Å². The predicted molar refractivity (Wildman–Crippen MR) is 68.4 cm³/mol. The molecule has 1 unspecified atom stereocenters. The van der Waals surface area contributed by atoms with Crippen molar-refractivity contribution in [3.63, 3.8) is 0 Å². The Bertz CT molecular complexity index is 374. The lowest BCUT2D eigenvalue weighted by Crippen LogP contribution is -2.33. The summed E-state index contributed by atoms with van der Waals surface area (Å²) in [5, 5.41) is 12.6. The monoisotopic (exact) mass is 253 g/mol. The molecular weight excluding hydrogens is 233 g/mol. The molecule has 3 nitrogen and oxygen atoms in total. The summed E-state index contributed by atoms with van der Waals surface area (Å²) < 4.78 is 12.7. The number of hydrogen-bond donors (Lipinski definition) is 2. The number of aliphatic hydroxyl groups excluding tert-OH is 1. The lowest BCUT2D eigenvalue weighted by molar-refractivity contribution is -0.125. The van der Waals surface area contributed by atoms with E-state index >= 15 is 0 Å². The van der Waals surface area contributed by atoms with Crippen LogP contribution in [-0.2, 0) is 4.79 Å². The van der Waals surface area contributed by atoms with E-state index in [1.54, 1.807) is 0 Å². The molecule has 18 heavy (non-hydrogen) atoms. The van der Waals surface area contributed by atoms with Gasteiger partial charge in [0.05, 0.1) is 6.10 Å². The zero-order valence-corrected chi connectivity index (χ0v) is 10.8. The SMILES string of the molecule is CCC(CC)C(=O)NCC(O)c1ccc(F)cc1. The fourth-order valence-corrected chi connectivity index (χ4v) is 1.80. The van der Waals surface area contributed by atoms with Crippen LogP contribution in [-0.4, -0.2) is 17.6 Å². The summed E-state index contributed by atoms with van der Waals surface area (Å²) in [5.74, 6) is -0.390. The van der Waals surface area contributed by atoms with Crippen LogP contribution in [0.25, 0.3) is 0 Å². The minimum Gasteiger partial charge on any atom is -0.387 e. The van der Waals surface area contributed by atoms with E-state index in [4.69, 9.17) is 0 Å². The van der Waals surface area contributed by atoms with Crippen LogP contribution in [0.5, 0.6) is 0 Å². The second kappa shape index (κ2) is 7.11. The molecule has 0 saturated heterocycles. The first kappa shape index (κ1) is 14.6. The van der Waals surface area contributed by atoms with Gasteiger partial charge in [-0.2, -0.15) is 0 Å². The van der Waals surface area contributed by atoms with Gasteiger partial charge in [-0.15, -0.1) is 0 Å². The van der Waals surface area contributed by atoms with Crippen molar-refractivity contribution in [2.75, 3.05) is 6.54 Å². The Morgan fingerprint density at radius 1 is 1.28 bits per heavy atom. The van der Waals surface area contributed by atoms with Gasteiger partial charge in [0.1, 0.15) is 5.82 Å². The normalized spacial score (nSPS) is 12.5. The third-order valence-corrected chi connectivity index (χ3v) is 3.08. The van der Waals surface area contributed by atoms with Gasteiger partial charge in [-0.25, -0.2) is 4.39 Å². The third-order valence-electron chi connectivity index (χ3n) is 3.08. The average Bonchev–Trinajstić information content (AvgIpc) is 2.38. The van der Waals surface area contributed by atoms with Crippen LogP contribution in [0, 0.1) is 11.7 Å². The van der Waals surface area contributed by atoms with E-state index < -0.39 is 6.10 Å². The molecule has 2 N–H and O–H groups in total. The molecule has 0 saturated carbocycles. The summed E-state index contributed by atoms with van der Waals surface area (Å²) in [4.78, 5) is 11.7. The number of carbonyl (C=O) groups is 1. The van der Waals surface area contributed by atoms with Crippen molar-refractivity contribution in [3.05, 3.63) is 35.6 Å². The van der Waals surface area contributed by atoms with Crippen molar-refractivity contribution < 1.29 is 14.3 Å². The van der Waals surface area contributed by atoms with E-state index in [0.29, 0.717) is 5.56 Å². The Kier molecular flexibility index (Phi) is 5.78. The number of hydrogen-bond acceptors (Lipinski definition) is 2. The highest BCUT2D eigenvalue weighted by molar-refractivity contribution is 5.78. The van der Waals surface area contributed by atoms with Gasteiger partial charge in [-0.1, -0.05) is 26.0 Å². The molecule has 4 heteroatoms. The molecule has 0 aliphatic heterocycles. The number of aliphatic hydroxyl groups is 1. The zero-order valence-electron chi connectivity index (χ0n) is 10.8. The molecule has 0 aliphatic carbocycles. The zero-order chi connectivity index (χ0) is 13.5. The summed E-state index contributed by atoms with van der Waals surface area (Å²) in [6.07, 6.45) is 0.771. The molecule has 0 aromatic heterocycles. The Hall–Kier alpha value is -1.42. The van der Waals surface area contributed by atoms with E-state index in [1.165, 1.54) is 24.3 Å². The molecular formula is C14H20FNO2. The van der Waals surface area contributed by atoms with Crippen LogP contribution in [0.3, 0.4) is 0 Å². The van der Waals surface area contributed by atoms with Crippen LogP contribution >= 0.6 is 0 Å². The van der Waals surface area contributed by atoms with Gasteiger partial charge in [0, 0.05) is 12.5 Å². The molecule has 100 valence electrons. The van der Waals surface area contributed by atoms with E-state index in [9.17, 15) is 14.3 Å². The van der Waals surface area contributed by atoms with Crippen LogP contribution in [0.2, 0.25) is 0 Å². The Balaban J connectivity index is 2.48. The maximum absolute atomic E-state index is 12.7. The first-order valence-electron chi connectivity index (χ1n) is 6.29. The number of benzene rings is 1. The lowest BCUT2D eigenvalue weighted by Gasteiger charge is -2.16. The summed E-state index contributed by atoms with van der Waals surface area (Å²) in [7, 11) is 0. The van der Waals surface area contributed by atoms with Gasteiger partial charge in [-0.05, 0) is 30.5 Å². The van der Waals surface area contributed by atoms with Gasteiger partial charge >= 0.3 is 0 Å². The van der Waals surface area contributed by atoms with Gasteiger partial charge < -0.3 is 10.4 Å². The summed E-state index contributed by atoms with van der Waals surface area (Å²) in [6, 6.07) is 5.62. The Morgan fingerprint density at radius 2 is 1.83 bits per heavy atom. The molecule has 0 aliphatic rings. The smallest absolute Gasteiger partial charge is 0.223 e. The molecule has 1 aromatic carbocycles. The molecule has 1 aromatic rings. The van der Waals surface area contributed by atoms with E-state index in [1.807, 2.05) is 13.8 Å². The standard InChI is InChI=1S/C14H20FNO2/c1-3-10(4-2)14(18)16-9-13(17)11-5-7-12(15)8-6-11/h5-8,10,13,17H,3-4,9H2,1-2H3,(H,16,18). The molecule has 0 spiro atoms.